The van der Waals surface area contributed by atoms with Crippen LogP contribution in [0.25, 0.3) is 0 Å². The Morgan fingerprint density at radius 2 is 0.685 bits per heavy atom. The first-order valence-corrected chi connectivity index (χ1v) is 31.2. The minimum absolute atomic E-state index is 0.0133. The maximum Gasteiger partial charge on any atom is 0.242 e. The van der Waals surface area contributed by atoms with Crippen LogP contribution in [0.3, 0.4) is 0 Å². The predicted molar refractivity (Wildman–Crippen MR) is 310 cm³/mol. The highest BCUT2D eigenvalue weighted by atomic mass is 16.3. The van der Waals surface area contributed by atoms with Crippen LogP contribution < -0.4 is 11.1 Å². The van der Waals surface area contributed by atoms with E-state index >= 15 is 0 Å². The lowest BCUT2D eigenvalue weighted by atomic mass is 10.1. The normalized spacial score (nSPS) is 11.2. The number of likely N-dealkylation sites (N-methyl/N-ethyl adjacent to an activating group) is 1. The fourth-order valence-electron chi connectivity index (χ4n) is 9.48. The maximum absolute atomic E-state index is 13.6. The van der Waals surface area contributed by atoms with Gasteiger partial charge in [0.25, 0.3) is 0 Å². The molecule has 12 nitrogen and oxygen atoms in total. The summed E-state index contributed by atoms with van der Waals surface area (Å²) in [5, 5.41) is 11.5. The number of carbonyl (C=O) groups is 5. The number of nitrogens with two attached hydrogens (primary N) is 1. The van der Waals surface area contributed by atoms with E-state index < -0.39 is 5.91 Å². The van der Waals surface area contributed by atoms with Gasteiger partial charge in [-0.05, 0) is 39.3 Å². The standard InChI is InChI=1S/C43H86N4O3.C18H36N2O3/c1-5-8-11-14-17-20-23-26-29-32-35-45(4)39-42(49)47(37-34-31-28-25-22-19-16-13-10-7-3)40-43(50)46(38-41(44)48)36-33-30-27-24-21-18-15-12-9-6-2;1-2-3-4-5-6-7-8-9-10-11-13-20(14-16-22)18(23)17-19-12-15-21/h5-40H2,1-4H3,(H2,44,48);16,19,21H,2-15,17H2,1H3. The fraction of sp³-hybridized carbons (Fsp3) is 0.918. The second-order valence-electron chi connectivity index (χ2n) is 21.5. The number of unbranched alkanes of at least 4 members (excludes halogenated alkanes) is 36. The third-order valence-electron chi connectivity index (χ3n) is 14.2. The van der Waals surface area contributed by atoms with Crippen molar-refractivity contribution in [2.24, 2.45) is 5.73 Å². The van der Waals surface area contributed by atoms with Crippen LogP contribution in [0.4, 0.5) is 0 Å². The summed E-state index contributed by atoms with van der Waals surface area (Å²) in [6.07, 6.45) is 50.8. The largest absolute Gasteiger partial charge is 0.395 e. The zero-order valence-corrected chi connectivity index (χ0v) is 49.0. The number of hydrogen-bond acceptors (Lipinski definition) is 8. The highest BCUT2D eigenvalue weighted by Gasteiger charge is 2.23. The molecule has 0 radical (unpaired) electrons. The van der Waals surface area contributed by atoms with Gasteiger partial charge in [0.05, 0.1) is 39.3 Å². The van der Waals surface area contributed by atoms with Crippen LogP contribution >= 0.6 is 0 Å². The van der Waals surface area contributed by atoms with Crippen molar-refractivity contribution in [2.75, 3.05) is 79.1 Å². The minimum Gasteiger partial charge on any atom is -0.395 e. The monoisotopic (exact) mass is 1030 g/mol. The van der Waals surface area contributed by atoms with Crippen LogP contribution in [0.2, 0.25) is 0 Å². The highest BCUT2D eigenvalue weighted by Crippen LogP contribution is 2.15. The van der Waals surface area contributed by atoms with Crippen molar-refractivity contribution in [3.8, 4) is 0 Å². The van der Waals surface area contributed by atoms with Crippen molar-refractivity contribution < 1.29 is 29.1 Å². The molecular weight excluding hydrogens is 913 g/mol. The molecule has 4 N–H and O–H groups in total. The van der Waals surface area contributed by atoms with Gasteiger partial charge >= 0.3 is 0 Å². The Labute approximate surface area is 451 Å². The Balaban J connectivity index is 0. The molecule has 0 aliphatic heterocycles. The van der Waals surface area contributed by atoms with E-state index in [1.165, 1.54) is 205 Å². The second-order valence-corrected chi connectivity index (χ2v) is 21.5. The Bertz CT molecular complexity index is 1230. The molecule has 0 unspecified atom stereocenters. The summed E-state index contributed by atoms with van der Waals surface area (Å²) in [6.45, 7) is 12.7. The first-order valence-electron chi connectivity index (χ1n) is 31.2. The van der Waals surface area contributed by atoms with Crippen LogP contribution in [-0.4, -0.2) is 134 Å². The molecule has 0 aromatic rings. The lowest BCUT2D eigenvalue weighted by Crippen LogP contribution is -2.48. The molecule has 0 fully saturated rings. The zero-order valence-electron chi connectivity index (χ0n) is 49.0. The number of carbonyl (C=O) groups excluding carboxylic acids is 5. The third kappa shape index (κ3) is 52.7. The molecule has 0 bridgehead atoms. The molecule has 0 aromatic heterocycles. The summed E-state index contributed by atoms with van der Waals surface area (Å²) in [4.78, 5) is 68.7. The Kier molecular flexibility index (Phi) is 58.3. The molecule has 0 spiro atoms. The lowest BCUT2D eigenvalue weighted by Gasteiger charge is -2.28. The first-order chi connectivity index (χ1) is 35.6. The van der Waals surface area contributed by atoms with Crippen LogP contribution in [0.5, 0.6) is 0 Å². The Morgan fingerprint density at radius 3 is 1.00 bits per heavy atom. The summed E-state index contributed by atoms with van der Waals surface area (Å²) in [5.41, 5.74) is 5.57. The van der Waals surface area contributed by atoms with Gasteiger partial charge in [-0.1, -0.05) is 259 Å². The van der Waals surface area contributed by atoms with Gasteiger partial charge in [0.15, 0.2) is 0 Å². The van der Waals surface area contributed by atoms with E-state index in [2.05, 4.69) is 37.9 Å². The van der Waals surface area contributed by atoms with E-state index in [0.717, 1.165) is 64.2 Å². The van der Waals surface area contributed by atoms with E-state index in [4.69, 9.17) is 10.8 Å². The topological polar surface area (TPSA) is 157 Å². The third-order valence-corrected chi connectivity index (χ3v) is 14.2. The minimum atomic E-state index is -0.491. The number of nitrogens with zero attached hydrogens (tertiary/aromatic N) is 4. The van der Waals surface area contributed by atoms with Gasteiger partial charge in [-0.2, -0.15) is 0 Å². The van der Waals surface area contributed by atoms with E-state index in [0.29, 0.717) is 32.7 Å². The van der Waals surface area contributed by atoms with Gasteiger partial charge < -0.3 is 35.7 Å². The lowest BCUT2D eigenvalue weighted by molar-refractivity contribution is -0.142. The second kappa shape index (κ2) is 58.7. The fourth-order valence-corrected chi connectivity index (χ4v) is 9.48. The molecule has 73 heavy (non-hydrogen) atoms. The number of aliphatic hydroxyl groups excluding tert-OH is 1. The van der Waals surface area contributed by atoms with Gasteiger partial charge in [-0.25, -0.2) is 0 Å². The molecule has 0 saturated carbocycles. The number of amides is 4. The summed E-state index contributed by atoms with van der Waals surface area (Å²) in [5.74, 6) is -0.699. The Hall–Kier alpha value is -2.57. The van der Waals surface area contributed by atoms with Crippen molar-refractivity contribution in [1.29, 1.82) is 0 Å². The summed E-state index contributed by atoms with van der Waals surface area (Å²) < 4.78 is 0. The molecule has 4 amide bonds. The molecule has 0 heterocycles. The molecule has 432 valence electrons. The summed E-state index contributed by atoms with van der Waals surface area (Å²) in [7, 11) is 2.02. The number of aldehydes is 1. The van der Waals surface area contributed by atoms with E-state index in [-0.39, 0.29) is 50.5 Å². The molecule has 0 rings (SSSR count). The average molecular weight is 1040 g/mol. The van der Waals surface area contributed by atoms with E-state index in [9.17, 15) is 24.0 Å². The molecule has 0 aromatic carbocycles. The molecule has 0 aliphatic carbocycles. The van der Waals surface area contributed by atoms with Crippen LogP contribution in [-0.2, 0) is 24.0 Å². The molecule has 0 atom stereocenters. The van der Waals surface area contributed by atoms with Crippen molar-refractivity contribution in [3.05, 3.63) is 0 Å². The molecular formula is C61H122N6O6. The molecule has 12 heteroatoms. The van der Waals surface area contributed by atoms with Gasteiger partial charge in [0.2, 0.25) is 23.6 Å². The number of hydrogen-bond donors (Lipinski definition) is 3. The highest BCUT2D eigenvalue weighted by molar-refractivity contribution is 5.88. The van der Waals surface area contributed by atoms with Crippen molar-refractivity contribution in [1.82, 2.24) is 24.9 Å². The number of aliphatic hydroxyl groups is 1. The number of rotatable bonds is 56. The van der Waals surface area contributed by atoms with Crippen molar-refractivity contribution >= 4 is 29.9 Å². The smallest absolute Gasteiger partial charge is 0.242 e. The van der Waals surface area contributed by atoms with Crippen LogP contribution in [0, 0.1) is 0 Å². The van der Waals surface area contributed by atoms with Crippen molar-refractivity contribution in [3.63, 3.8) is 0 Å². The van der Waals surface area contributed by atoms with Gasteiger partial charge in [-0.15, -0.1) is 0 Å². The average Bonchev–Trinajstić information content (AvgIpc) is 3.37. The van der Waals surface area contributed by atoms with E-state index in [1.54, 1.807) is 14.7 Å². The van der Waals surface area contributed by atoms with E-state index in [1.807, 2.05) is 7.05 Å². The van der Waals surface area contributed by atoms with Crippen molar-refractivity contribution in [2.45, 2.75) is 285 Å². The van der Waals surface area contributed by atoms with Crippen LogP contribution in [0.1, 0.15) is 285 Å². The Morgan fingerprint density at radius 1 is 0.397 bits per heavy atom. The first kappa shape index (κ1) is 72.5. The quantitative estimate of drug-likeness (QED) is 0.0401. The summed E-state index contributed by atoms with van der Waals surface area (Å²) >= 11 is 0. The van der Waals surface area contributed by atoms with Gasteiger partial charge in [0.1, 0.15) is 6.29 Å². The van der Waals surface area contributed by atoms with Crippen LogP contribution in [0.15, 0.2) is 0 Å². The number of nitrogens with one attached hydrogen (secondary N) is 1. The SMILES string of the molecule is CCCCCCCCCCCCN(C)CC(=O)N(CCCCCCCCCCCC)CC(=O)N(CCCCCCCCCCCC)CC(N)=O.CCCCCCCCCCCCN(CC=O)C(=O)CNCCO. The van der Waals surface area contributed by atoms with Gasteiger partial charge in [-0.3, -0.25) is 24.1 Å². The predicted octanol–water partition coefficient (Wildman–Crippen LogP) is 13.3. The number of primary amides is 1. The van der Waals surface area contributed by atoms with Gasteiger partial charge in [0, 0.05) is 26.2 Å². The zero-order chi connectivity index (χ0) is 54.1. The summed E-state index contributed by atoms with van der Waals surface area (Å²) in [6, 6.07) is 0. The molecule has 0 saturated heterocycles. The molecule has 0 aliphatic rings. The maximum atomic E-state index is 13.6.